The molecule has 2 aromatic heterocycles. The molecule has 0 aliphatic rings. The van der Waals surface area contributed by atoms with Crippen molar-refractivity contribution in [3.05, 3.63) is 40.2 Å². The Bertz CT molecular complexity index is 902. The highest BCUT2D eigenvalue weighted by molar-refractivity contribution is 9.10. The van der Waals surface area contributed by atoms with E-state index in [4.69, 9.17) is 10.2 Å². The Balaban J connectivity index is 1.96. The number of thiazole rings is 1. The molecule has 9 heteroatoms. The van der Waals surface area contributed by atoms with E-state index in [1.807, 2.05) is 0 Å². The van der Waals surface area contributed by atoms with Crippen LogP contribution >= 0.6 is 27.3 Å². The lowest BCUT2D eigenvalue weighted by Gasteiger charge is -2.06. The zero-order valence-corrected chi connectivity index (χ0v) is 13.8. The van der Waals surface area contributed by atoms with Gasteiger partial charge in [-0.2, -0.15) is 0 Å². The maximum Gasteiger partial charge on any atom is 0.266 e. The zero-order valence-electron chi connectivity index (χ0n) is 10.5. The van der Waals surface area contributed by atoms with E-state index in [-0.39, 0.29) is 16.1 Å². The molecule has 0 saturated heterocycles. The Morgan fingerprint density at radius 2 is 2.19 bits per heavy atom. The van der Waals surface area contributed by atoms with Crippen LogP contribution in [0.2, 0.25) is 0 Å². The van der Waals surface area contributed by atoms with Gasteiger partial charge in [0.25, 0.3) is 10.0 Å². The molecule has 3 aromatic rings. The summed E-state index contributed by atoms with van der Waals surface area (Å²) in [6, 6.07) is 6.57. The van der Waals surface area contributed by atoms with E-state index in [1.165, 1.54) is 17.4 Å². The molecule has 0 radical (unpaired) electrons. The van der Waals surface area contributed by atoms with E-state index in [2.05, 4.69) is 25.6 Å². The van der Waals surface area contributed by atoms with E-state index in [9.17, 15) is 8.42 Å². The molecule has 0 saturated carbocycles. The smallest absolute Gasteiger partial charge is 0.266 e. The third-order valence-corrected chi connectivity index (χ3v) is 5.81. The van der Waals surface area contributed by atoms with Gasteiger partial charge >= 0.3 is 0 Å². The van der Waals surface area contributed by atoms with Crippen LogP contribution in [0.3, 0.4) is 0 Å². The number of hydrogen-bond donors (Lipinski definition) is 2. The van der Waals surface area contributed by atoms with Crippen molar-refractivity contribution in [1.82, 2.24) is 4.98 Å². The van der Waals surface area contributed by atoms with Crippen LogP contribution in [0.5, 0.6) is 0 Å². The second-order valence-electron chi connectivity index (χ2n) is 4.20. The largest absolute Gasteiger partial charge is 0.452 e. The molecule has 1 aromatic carbocycles. The van der Waals surface area contributed by atoms with Crippen LogP contribution in [-0.4, -0.2) is 13.4 Å². The predicted molar refractivity (Wildman–Crippen MR) is 84.7 cm³/mol. The summed E-state index contributed by atoms with van der Waals surface area (Å²) < 4.78 is 33.5. The van der Waals surface area contributed by atoms with Crippen molar-refractivity contribution < 1.29 is 12.8 Å². The molecule has 0 aliphatic carbocycles. The minimum atomic E-state index is -3.75. The Morgan fingerprint density at radius 1 is 1.38 bits per heavy atom. The number of halogens is 1. The fourth-order valence-electron chi connectivity index (χ4n) is 1.81. The average molecular weight is 388 g/mol. The van der Waals surface area contributed by atoms with E-state index in [0.29, 0.717) is 11.4 Å². The number of sulfonamides is 1. The van der Waals surface area contributed by atoms with Gasteiger partial charge in [-0.15, -0.1) is 11.3 Å². The molecule has 0 unspecified atom stereocenters. The minimum Gasteiger partial charge on any atom is -0.452 e. The monoisotopic (exact) mass is 387 g/mol. The molecular weight excluding hydrogens is 378 g/mol. The van der Waals surface area contributed by atoms with Crippen LogP contribution in [0.4, 0.5) is 5.69 Å². The van der Waals surface area contributed by atoms with E-state index >= 15 is 0 Å². The minimum absolute atomic E-state index is 0.0207. The fraction of sp³-hybridized carbons (Fsp3) is 0.0833. The van der Waals surface area contributed by atoms with Gasteiger partial charge in [-0.3, -0.25) is 4.72 Å². The lowest BCUT2D eigenvalue weighted by Crippen LogP contribution is -2.12. The molecule has 0 bridgehead atoms. The highest BCUT2D eigenvalue weighted by atomic mass is 79.9. The van der Waals surface area contributed by atoms with E-state index in [1.54, 1.807) is 23.7 Å². The summed E-state index contributed by atoms with van der Waals surface area (Å²) in [4.78, 5) is 4.17. The summed E-state index contributed by atoms with van der Waals surface area (Å²) >= 11 is 4.54. The number of fused-ring (bicyclic) bond motifs is 1. The molecule has 0 atom stereocenters. The van der Waals surface area contributed by atoms with Crippen LogP contribution in [-0.2, 0) is 16.6 Å². The lowest BCUT2D eigenvalue weighted by molar-refractivity contribution is 0.484. The normalized spacial score (nSPS) is 11.9. The first-order valence-electron chi connectivity index (χ1n) is 5.84. The number of anilines is 1. The third-order valence-electron chi connectivity index (χ3n) is 2.78. The van der Waals surface area contributed by atoms with Crippen LogP contribution in [0.1, 0.15) is 5.76 Å². The SMILES string of the molecule is NCc1cc(S(=O)(=O)Nc2ccc3ncsc3c2)c(Br)o1. The Morgan fingerprint density at radius 3 is 2.90 bits per heavy atom. The third kappa shape index (κ3) is 2.82. The first-order valence-corrected chi connectivity index (χ1v) is 8.99. The van der Waals surface area contributed by atoms with Crippen molar-refractivity contribution in [2.45, 2.75) is 11.4 Å². The molecule has 3 N–H and O–H groups in total. The number of nitrogens with one attached hydrogen (secondary N) is 1. The molecule has 0 amide bonds. The van der Waals surface area contributed by atoms with Crippen molar-refractivity contribution >= 4 is 53.2 Å². The van der Waals surface area contributed by atoms with Gasteiger partial charge in [0, 0.05) is 6.07 Å². The average Bonchev–Trinajstić information content (AvgIpc) is 3.04. The predicted octanol–water partition coefficient (Wildman–Crippen LogP) is 2.91. The molecule has 110 valence electrons. The summed E-state index contributed by atoms with van der Waals surface area (Å²) in [5.41, 5.74) is 8.45. The van der Waals surface area contributed by atoms with Crippen LogP contribution in [0.15, 0.2) is 43.8 Å². The topological polar surface area (TPSA) is 98.2 Å². The van der Waals surface area contributed by atoms with E-state index in [0.717, 1.165) is 10.2 Å². The number of nitrogens with two attached hydrogens (primary N) is 1. The molecule has 0 fully saturated rings. The standard InChI is InChI=1S/C12H10BrN3O3S2/c13-12-11(4-8(5-14)19-12)21(17,18)16-7-1-2-9-10(3-7)20-6-15-9/h1-4,6,16H,5,14H2. The van der Waals surface area contributed by atoms with Gasteiger partial charge < -0.3 is 10.2 Å². The zero-order chi connectivity index (χ0) is 15.0. The highest BCUT2D eigenvalue weighted by Crippen LogP contribution is 2.29. The van der Waals surface area contributed by atoms with Crippen LogP contribution in [0.25, 0.3) is 10.2 Å². The maximum atomic E-state index is 12.4. The number of nitrogens with zero attached hydrogens (tertiary/aromatic N) is 1. The number of rotatable bonds is 4. The van der Waals surface area contributed by atoms with Crippen molar-refractivity contribution in [2.24, 2.45) is 5.73 Å². The number of hydrogen-bond acceptors (Lipinski definition) is 6. The fourth-order valence-corrected chi connectivity index (χ4v) is 4.58. The number of benzene rings is 1. The van der Waals surface area contributed by atoms with Crippen LogP contribution < -0.4 is 10.5 Å². The maximum absolute atomic E-state index is 12.4. The molecular formula is C12H10BrN3O3S2. The van der Waals surface area contributed by atoms with Crippen molar-refractivity contribution in [3.8, 4) is 0 Å². The van der Waals surface area contributed by atoms with Crippen molar-refractivity contribution in [3.63, 3.8) is 0 Å². The molecule has 3 rings (SSSR count). The van der Waals surface area contributed by atoms with Crippen molar-refractivity contribution in [2.75, 3.05) is 4.72 Å². The highest BCUT2D eigenvalue weighted by Gasteiger charge is 2.22. The summed E-state index contributed by atoms with van der Waals surface area (Å²) in [6.45, 7) is 0.126. The van der Waals surface area contributed by atoms with Gasteiger partial charge in [0.15, 0.2) is 4.67 Å². The van der Waals surface area contributed by atoms with Crippen LogP contribution in [0, 0.1) is 0 Å². The quantitative estimate of drug-likeness (QED) is 0.716. The lowest BCUT2D eigenvalue weighted by atomic mass is 10.3. The first kappa shape index (κ1) is 14.5. The summed E-state index contributed by atoms with van der Waals surface area (Å²) in [5, 5.41) is 0. The molecule has 6 nitrogen and oxygen atoms in total. The molecule has 21 heavy (non-hydrogen) atoms. The van der Waals surface area contributed by atoms with Crippen molar-refractivity contribution in [1.29, 1.82) is 0 Å². The van der Waals surface area contributed by atoms with Gasteiger partial charge in [0.1, 0.15) is 10.7 Å². The second-order valence-corrected chi connectivity index (χ2v) is 7.45. The van der Waals surface area contributed by atoms with Gasteiger partial charge in [0.05, 0.1) is 28.0 Å². The molecule has 2 heterocycles. The Labute approximate surface area is 133 Å². The number of furan rings is 1. The van der Waals surface area contributed by atoms with Gasteiger partial charge in [-0.05, 0) is 34.1 Å². The molecule has 0 aliphatic heterocycles. The summed E-state index contributed by atoms with van der Waals surface area (Å²) in [5.74, 6) is 0.389. The van der Waals surface area contributed by atoms with Gasteiger partial charge in [-0.1, -0.05) is 0 Å². The second kappa shape index (κ2) is 5.41. The van der Waals surface area contributed by atoms with Gasteiger partial charge in [-0.25, -0.2) is 13.4 Å². The van der Waals surface area contributed by atoms with E-state index < -0.39 is 10.0 Å². The Hall–Kier alpha value is -1.42. The molecule has 0 spiro atoms. The summed E-state index contributed by atoms with van der Waals surface area (Å²) in [7, 11) is -3.75. The first-order chi connectivity index (χ1) is 9.99. The van der Waals surface area contributed by atoms with Gasteiger partial charge in [0.2, 0.25) is 0 Å². The summed E-state index contributed by atoms with van der Waals surface area (Å²) in [6.07, 6.45) is 0. The number of aromatic nitrogens is 1. The Kier molecular flexibility index (Phi) is 3.74.